The van der Waals surface area contributed by atoms with Gasteiger partial charge in [0.05, 0.1) is 16.1 Å². The zero-order valence-corrected chi connectivity index (χ0v) is 13.7. The normalized spacial score (nSPS) is 12.4. The van der Waals surface area contributed by atoms with Crippen molar-refractivity contribution in [3.63, 3.8) is 0 Å². The number of halogens is 4. The topological polar surface area (TPSA) is 55.4 Å². The van der Waals surface area contributed by atoms with Gasteiger partial charge in [-0.05, 0) is 37.3 Å². The van der Waals surface area contributed by atoms with Gasteiger partial charge < -0.3 is 10.1 Å². The summed E-state index contributed by atoms with van der Waals surface area (Å²) in [7, 11) is 0. The van der Waals surface area contributed by atoms with Crippen LogP contribution in [0.5, 0.6) is 0 Å². The van der Waals surface area contributed by atoms with Gasteiger partial charge in [0.25, 0.3) is 5.91 Å². The van der Waals surface area contributed by atoms with E-state index in [4.69, 9.17) is 16.3 Å². The first-order chi connectivity index (χ1) is 11.7. The molecule has 0 aliphatic carbocycles. The molecule has 0 spiro atoms. The van der Waals surface area contributed by atoms with Crippen molar-refractivity contribution in [2.45, 2.75) is 19.2 Å². The lowest BCUT2D eigenvalue weighted by Crippen LogP contribution is -2.30. The van der Waals surface area contributed by atoms with Crippen molar-refractivity contribution in [2.24, 2.45) is 0 Å². The standard InChI is InChI=1S/C17H13ClF3NO3/c1-10(25-16(24)13-7-2-3-8-14(13)18)15(23)22-12-6-4-5-11(9-12)17(19,20)21/h2-10H,1H3,(H,22,23)/t10-/m1/s1. The van der Waals surface area contributed by atoms with Crippen LogP contribution in [0.3, 0.4) is 0 Å². The molecule has 0 bridgehead atoms. The van der Waals surface area contributed by atoms with Gasteiger partial charge in [0, 0.05) is 5.69 Å². The van der Waals surface area contributed by atoms with Crippen molar-refractivity contribution < 1.29 is 27.5 Å². The molecule has 0 aliphatic heterocycles. The van der Waals surface area contributed by atoms with Crippen molar-refractivity contribution in [3.8, 4) is 0 Å². The summed E-state index contributed by atoms with van der Waals surface area (Å²) < 4.78 is 43.0. The van der Waals surface area contributed by atoms with Crippen LogP contribution in [0.1, 0.15) is 22.8 Å². The third kappa shape index (κ3) is 4.96. The highest BCUT2D eigenvalue weighted by Crippen LogP contribution is 2.30. The summed E-state index contributed by atoms with van der Waals surface area (Å²) in [5, 5.41) is 2.44. The third-order valence-corrected chi connectivity index (χ3v) is 3.53. The minimum Gasteiger partial charge on any atom is -0.449 e. The van der Waals surface area contributed by atoms with Crippen LogP contribution in [-0.4, -0.2) is 18.0 Å². The van der Waals surface area contributed by atoms with E-state index in [1.54, 1.807) is 12.1 Å². The van der Waals surface area contributed by atoms with Crippen molar-refractivity contribution in [1.82, 2.24) is 0 Å². The summed E-state index contributed by atoms with van der Waals surface area (Å²) in [6.45, 7) is 1.30. The number of carbonyl (C=O) groups is 2. The highest BCUT2D eigenvalue weighted by Gasteiger charge is 2.30. The molecular weight excluding hydrogens is 359 g/mol. The maximum absolute atomic E-state index is 12.7. The monoisotopic (exact) mass is 371 g/mol. The van der Waals surface area contributed by atoms with E-state index in [-0.39, 0.29) is 16.3 Å². The summed E-state index contributed by atoms with van der Waals surface area (Å²) in [4.78, 5) is 24.0. The van der Waals surface area contributed by atoms with E-state index in [1.165, 1.54) is 31.2 Å². The molecule has 0 aliphatic rings. The van der Waals surface area contributed by atoms with Gasteiger partial charge in [0.15, 0.2) is 6.10 Å². The molecule has 1 atom stereocenters. The molecule has 1 N–H and O–H groups in total. The molecule has 0 saturated heterocycles. The fourth-order valence-corrected chi connectivity index (χ4v) is 2.13. The van der Waals surface area contributed by atoms with E-state index in [9.17, 15) is 22.8 Å². The zero-order chi connectivity index (χ0) is 18.6. The van der Waals surface area contributed by atoms with E-state index in [0.717, 1.165) is 12.1 Å². The first kappa shape index (κ1) is 18.8. The predicted molar refractivity (Wildman–Crippen MR) is 86.4 cm³/mol. The SMILES string of the molecule is C[C@@H](OC(=O)c1ccccc1Cl)C(=O)Nc1cccc(C(F)(F)F)c1. The molecule has 0 heterocycles. The molecule has 8 heteroatoms. The Morgan fingerprint density at radius 2 is 1.80 bits per heavy atom. The number of alkyl halides is 3. The van der Waals surface area contributed by atoms with Crippen molar-refractivity contribution >= 4 is 29.2 Å². The van der Waals surface area contributed by atoms with E-state index in [2.05, 4.69) is 5.32 Å². The lowest BCUT2D eigenvalue weighted by atomic mass is 10.2. The largest absolute Gasteiger partial charge is 0.449 e. The quantitative estimate of drug-likeness (QED) is 0.803. The first-order valence-corrected chi connectivity index (χ1v) is 7.50. The highest BCUT2D eigenvalue weighted by molar-refractivity contribution is 6.33. The van der Waals surface area contributed by atoms with Gasteiger partial charge in [-0.15, -0.1) is 0 Å². The first-order valence-electron chi connectivity index (χ1n) is 7.12. The number of nitrogens with one attached hydrogen (secondary N) is 1. The number of amides is 1. The fraction of sp³-hybridized carbons (Fsp3) is 0.176. The van der Waals surface area contributed by atoms with Gasteiger partial charge in [-0.2, -0.15) is 13.2 Å². The molecule has 0 radical (unpaired) electrons. The summed E-state index contributed by atoms with van der Waals surface area (Å²) in [5.41, 5.74) is -0.866. The number of rotatable bonds is 4. The molecule has 2 aromatic rings. The van der Waals surface area contributed by atoms with Crippen LogP contribution in [0.15, 0.2) is 48.5 Å². The molecule has 2 aromatic carbocycles. The van der Waals surface area contributed by atoms with Gasteiger partial charge >= 0.3 is 12.1 Å². The summed E-state index contributed by atoms with van der Waals surface area (Å²) in [5.74, 6) is -1.57. The molecule has 2 rings (SSSR count). The molecule has 0 fully saturated rings. The average molecular weight is 372 g/mol. The molecule has 132 valence electrons. The van der Waals surface area contributed by atoms with Gasteiger partial charge in [-0.25, -0.2) is 4.79 Å². The highest BCUT2D eigenvalue weighted by atomic mass is 35.5. The number of benzene rings is 2. The Hall–Kier alpha value is -2.54. The van der Waals surface area contributed by atoms with Gasteiger partial charge in [-0.3, -0.25) is 4.79 Å². The number of hydrogen-bond acceptors (Lipinski definition) is 3. The Bertz CT molecular complexity index is 793. The number of hydrogen-bond donors (Lipinski definition) is 1. The number of anilines is 1. The maximum atomic E-state index is 12.7. The van der Waals surface area contributed by atoms with E-state index in [0.29, 0.717) is 0 Å². The maximum Gasteiger partial charge on any atom is 0.416 e. The summed E-state index contributed by atoms with van der Waals surface area (Å²) >= 11 is 5.86. The predicted octanol–water partition coefficient (Wildman–Crippen LogP) is 4.54. The molecule has 0 unspecified atom stereocenters. The lowest BCUT2D eigenvalue weighted by Gasteiger charge is -2.15. The van der Waals surface area contributed by atoms with Crippen LogP contribution in [0.4, 0.5) is 18.9 Å². The van der Waals surface area contributed by atoms with Gasteiger partial charge in [0.2, 0.25) is 0 Å². The van der Waals surface area contributed by atoms with Crippen LogP contribution in [0.2, 0.25) is 5.02 Å². The van der Waals surface area contributed by atoms with Crippen LogP contribution in [-0.2, 0) is 15.7 Å². The molecule has 25 heavy (non-hydrogen) atoms. The Morgan fingerprint density at radius 1 is 1.12 bits per heavy atom. The Kier molecular flexibility index (Phi) is 5.69. The second-order valence-electron chi connectivity index (χ2n) is 5.10. The minimum atomic E-state index is -4.52. The van der Waals surface area contributed by atoms with Crippen LogP contribution in [0.25, 0.3) is 0 Å². The van der Waals surface area contributed by atoms with Crippen molar-refractivity contribution in [3.05, 3.63) is 64.7 Å². The lowest BCUT2D eigenvalue weighted by molar-refractivity contribution is -0.137. The minimum absolute atomic E-state index is 0.0551. The number of ether oxygens (including phenoxy) is 1. The van der Waals surface area contributed by atoms with Crippen LogP contribution >= 0.6 is 11.6 Å². The summed E-state index contributed by atoms with van der Waals surface area (Å²) in [6.07, 6.45) is -5.75. The van der Waals surface area contributed by atoms with Crippen molar-refractivity contribution in [2.75, 3.05) is 5.32 Å². The molecule has 4 nitrogen and oxygen atoms in total. The molecule has 1 amide bonds. The average Bonchev–Trinajstić information content (AvgIpc) is 2.54. The Labute approximate surface area is 146 Å². The van der Waals surface area contributed by atoms with Crippen LogP contribution in [0, 0.1) is 0 Å². The number of carbonyl (C=O) groups excluding carboxylic acids is 2. The van der Waals surface area contributed by atoms with E-state index in [1.807, 2.05) is 0 Å². The van der Waals surface area contributed by atoms with Crippen LogP contribution < -0.4 is 5.32 Å². The third-order valence-electron chi connectivity index (χ3n) is 3.20. The second kappa shape index (κ2) is 7.57. The second-order valence-corrected chi connectivity index (χ2v) is 5.50. The smallest absolute Gasteiger partial charge is 0.416 e. The fourth-order valence-electron chi connectivity index (χ4n) is 1.92. The molecular formula is C17H13ClF3NO3. The van der Waals surface area contributed by atoms with E-state index < -0.39 is 29.7 Å². The zero-order valence-electron chi connectivity index (χ0n) is 12.9. The molecule has 0 saturated carbocycles. The van der Waals surface area contributed by atoms with Gasteiger partial charge in [0.1, 0.15) is 0 Å². The Balaban J connectivity index is 2.04. The van der Waals surface area contributed by atoms with E-state index >= 15 is 0 Å². The Morgan fingerprint density at radius 3 is 2.44 bits per heavy atom. The summed E-state index contributed by atoms with van der Waals surface area (Å²) in [6, 6.07) is 10.3. The molecule has 0 aromatic heterocycles. The van der Waals surface area contributed by atoms with Crippen molar-refractivity contribution in [1.29, 1.82) is 0 Å². The van der Waals surface area contributed by atoms with Gasteiger partial charge in [-0.1, -0.05) is 29.8 Å². The number of esters is 1.